The van der Waals surface area contributed by atoms with E-state index >= 15 is 0 Å². The molecule has 3 heteroatoms. The first kappa shape index (κ1) is 11.8. The summed E-state index contributed by atoms with van der Waals surface area (Å²) in [6.45, 7) is 10.1. The van der Waals surface area contributed by atoms with Crippen LogP contribution in [0.1, 0.15) is 41.0 Å². The molecule has 0 radical (unpaired) electrons. The highest BCUT2D eigenvalue weighted by Gasteiger charge is 2.30. The Labute approximate surface area is 90.6 Å². The summed E-state index contributed by atoms with van der Waals surface area (Å²) >= 11 is 1.78. The van der Waals surface area contributed by atoms with Crippen molar-refractivity contribution in [3.05, 3.63) is 0 Å². The van der Waals surface area contributed by atoms with Gasteiger partial charge in [0.1, 0.15) is 5.78 Å². The zero-order valence-corrected chi connectivity index (χ0v) is 10.4. The molecule has 0 saturated carbocycles. The number of aliphatic imine (C=N–C) groups is 1. The van der Waals surface area contributed by atoms with E-state index in [1.54, 1.807) is 11.8 Å². The molecule has 0 spiro atoms. The van der Waals surface area contributed by atoms with Gasteiger partial charge in [-0.25, -0.2) is 0 Å². The van der Waals surface area contributed by atoms with Crippen LogP contribution in [0.25, 0.3) is 0 Å². The van der Waals surface area contributed by atoms with Crippen molar-refractivity contribution in [2.24, 2.45) is 10.4 Å². The molecule has 1 rings (SSSR count). The number of thioether (sulfide) groups is 1. The highest BCUT2D eigenvalue weighted by atomic mass is 32.2. The standard InChI is InChI=1S/C11H19NOS/c1-7-9(12-8(2)14-7)6-10(13)11(3,4)5/h7,9H,6H2,1-5H3. The monoisotopic (exact) mass is 213 g/mol. The second-order valence-corrected chi connectivity index (χ2v) is 6.49. The minimum atomic E-state index is -0.226. The van der Waals surface area contributed by atoms with Gasteiger partial charge < -0.3 is 0 Å². The van der Waals surface area contributed by atoms with Crippen LogP contribution in [0.15, 0.2) is 4.99 Å². The van der Waals surface area contributed by atoms with Gasteiger partial charge in [-0.15, -0.1) is 11.8 Å². The lowest BCUT2D eigenvalue weighted by Gasteiger charge is -2.19. The minimum Gasteiger partial charge on any atom is -0.299 e. The molecule has 1 heterocycles. The summed E-state index contributed by atoms with van der Waals surface area (Å²) in [5, 5.41) is 1.57. The molecule has 0 saturated heterocycles. The number of hydrogen-bond acceptors (Lipinski definition) is 3. The zero-order chi connectivity index (χ0) is 10.9. The third-order valence-electron chi connectivity index (χ3n) is 2.48. The fourth-order valence-corrected chi connectivity index (χ4v) is 2.47. The van der Waals surface area contributed by atoms with Gasteiger partial charge in [0, 0.05) is 17.1 Å². The molecule has 0 bridgehead atoms. The quantitative estimate of drug-likeness (QED) is 0.706. The van der Waals surface area contributed by atoms with E-state index in [4.69, 9.17) is 0 Å². The second kappa shape index (κ2) is 4.05. The number of Topliss-reactive ketones (excluding diaryl/α,β-unsaturated/α-hetero) is 1. The van der Waals surface area contributed by atoms with E-state index in [-0.39, 0.29) is 11.5 Å². The van der Waals surface area contributed by atoms with Crippen LogP contribution < -0.4 is 0 Å². The van der Waals surface area contributed by atoms with Gasteiger partial charge >= 0.3 is 0 Å². The van der Waals surface area contributed by atoms with Crippen molar-refractivity contribution in [3.63, 3.8) is 0 Å². The topological polar surface area (TPSA) is 29.4 Å². The molecule has 1 aliphatic rings. The second-order valence-electron chi connectivity index (χ2n) is 4.92. The van der Waals surface area contributed by atoms with Gasteiger partial charge in [-0.2, -0.15) is 0 Å². The molecule has 0 N–H and O–H groups in total. The van der Waals surface area contributed by atoms with Crippen LogP contribution in [0.2, 0.25) is 0 Å². The van der Waals surface area contributed by atoms with Crippen molar-refractivity contribution in [3.8, 4) is 0 Å². The Kier molecular flexibility index (Phi) is 3.40. The molecule has 0 aromatic heterocycles. The fourth-order valence-electron chi connectivity index (χ4n) is 1.42. The summed E-state index contributed by atoms with van der Waals surface area (Å²) < 4.78 is 0. The summed E-state index contributed by atoms with van der Waals surface area (Å²) in [5.41, 5.74) is -0.226. The third-order valence-corrected chi connectivity index (χ3v) is 3.61. The van der Waals surface area contributed by atoms with Gasteiger partial charge in [-0.3, -0.25) is 9.79 Å². The Morgan fingerprint density at radius 1 is 1.50 bits per heavy atom. The van der Waals surface area contributed by atoms with E-state index in [1.165, 1.54) is 0 Å². The molecular weight excluding hydrogens is 194 g/mol. The van der Waals surface area contributed by atoms with Crippen molar-refractivity contribution >= 4 is 22.6 Å². The Morgan fingerprint density at radius 3 is 2.43 bits per heavy atom. The minimum absolute atomic E-state index is 0.201. The molecule has 2 nitrogen and oxygen atoms in total. The van der Waals surface area contributed by atoms with Crippen LogP contribution in [-0.4, -0.2) is 22.1 Å². The van der Waals surface area contributed by atoms with E-state index in [2.05, 4.69) is 11.9 Å². The fraction of sp³-hybridized carbons (Fsp3) is 0.818. The van der Waals surface area contributed by atoms with E-state index in [1.807, 2.05) is 27.7 Å². The predicted molar refractivity (Wildman–Crippen MR) is 63.0 cm³/mol. The van der Waals surface area contributed by atoms with Crippen molar-refractivity contribution in [2.45, 2.75) is 52.3 Å². The summed E-state index contributed by atoms with van der Waals surface area (Å²) in [7, 11) is 0. The lowest BCUT2D eigenvalue weighted by molar-refractivity contribution is -0.126. The Morgan fingerprint density at radius 2 is 2.07 bits per heavy atom. The van der Waals surface area contributed by atoms with Crippen molar-refractivity contribution in [1.29, 1.82) is 0 Å². The lowest BCUT2D eigenvalue weighted by atomic mass is 9.87. The number of ketones is 1. The van der Waals surface area contributed by atoms with Crippen molar-refractivity contribution < 1.29 is 4.79 Å². The molecule has 0 fully saturated rings. The maximum Gasteiger partial charge on any atom is 0.140 e. The molecule has 14 heavy (non-hydrogen) atoms. The highest BCUT2D eigenvalue weighted by molar-refractivity contribution is 8.14. The average Bonchev–Trinajstić information content (AvgIpc) is 2.28. The predicted octanol–water partition coefficient (Wildman–Crippen LogP) is 2.91. The van der Waals surface area contributed by atoms with Gasteiger partial charge in [0.2, 0.25) is 0 Å². The Balaban J connectivity index is 2.58. The Hall–Kier alpha value is -0.310. The molecule has 0 amide bonds. The van der Waals surface area contributed by atoms with Crippen LogP contribution in [-0.2, 0) is 4.79 Å². The number of carbonyl (C=O) groups excluding carboxylic acids is 1. The van der Waals surface area contributed by atoms with Gasteiger partial charge in [0.25, 0.3) is 0 Å². The molecule has 2 atom stereocenters. The third kappa shape index (κ3) is 2.84. The van der Waals surface area contributed by atoms with Crippen molar-refractivity contribution in [2.75, 3.05) is 0 Å². The maximum atomic E-state index is 11.8. The normalized spacial score (nSPS) is 27.6. The Bertz CT molecular complexity index is 265. The smallest absolute Gasteiger partial charge is 0.140 e. The summed E-state index contributed by atoms with van der Waals surface area (Å²) in [6.07, 6.45) is 0.592. The molecule has 80 valence electrons. The number of hydrogen-bond donors (Lipinski definition) is 0. The molecule has 0 aromatic rings. The molecule has 2 unspecified atom stereocenters. The first-order valence-corrected chi connectivity index (χ1v) is 5.93. The number of rotatable bonds is 2. The van der Waals surface area contributed by atoms with E-state index in [0.717, 1.165) is 5.04 Å². The highest BCUT2D eigenvalue weighted by Crippen LogP contribution is 2.30. The van der Waals surface area contributed by atoms with Crippen LogP contribution >= 0.6 is 11.8 Å². The lowest BCUT2D eigenvalue weighted by Crippen LogP contribution is -2.27. The van der Waals surface area contributed by atoms with Gasteiger partial charge in [0.05, 0.1) is 11.1 Å². The first-order valence-electron chi connectivity index (χ1n) is 5.05. The average molecular weight is 213 g/mol. The summed E-state index contributed by atoms with van der Waals surface area (Å²) in [5.74, 6) is 0.313. The molecule has 0 aromatic carbocycles. The van der Waals surface area contributed by atoms with E-state index < -0.39 is 0 Å². The molecular formula is C11H19NOS. The zero-order valence-electron chi connectivity index (χ0n) is 9.63. The molecule has 0 aliphatic carbocycles. The first-order chi connectivity index (χ1) is 6.30. The van der Waals surface area contributed by atoms with Crippen LogP contribution in [0, 0.1) is 5.41 Å². The number of carbonyl (C=O) groups is 1. The maximum absolute atomic E-state index is 11.8. The van der Waals surface area contributed by atoms with Crippen LogP contribution in [0.4, 0.5) is 0 Å². The molecule has 1 aliphatic heterocycles. The van der Waals surface area contributed by atoms with Crippen LogP contribution in [0.5, 0.6) is 0 Å². The largest absolute Gasteiger partial charge is 0.299 e. The van der Waals surface area contributed by atoms with Gasteiger partial charge in [0.15, 0.2) is 0 Å². The van der Waals surface area contributed by atoms with Crippen LogP contribution in [0.3, 0.4) is 0 Å². The summed E-state index contributed by atoms with van der Waals surface area (Å²) in [4.78, 5) is 16.3. The van der Waals surface area contributed by atoms with Gasteiger partial charge in [-0.1, -0.05) is 27.7 Å². The number of nitrogens with zero attached hydrogens (tertiary/aromatic N) is 1. The summed E-state index contributed by atoms with van der Waals surface area (Å²) in [6, 6.07) is 0.201. The van der Waals surface area contributed by atoms with Gasteiger partial charge in [-0.05, 0) is 6.92 Å². The van der Waals surface area contributed by atoms with Crippen molar-refractivity contribution in [1.82, 2.24) is 0 Å². The van der Waals surface area contributed by atoms with E-state index in [0.29, 0.717) is 17.5 Å². The van der Waals surface area contributed by atoms with E-state index in [9.17, 15) is 4.79 Å². The SMILES string of the molecule is CC1=NC(CC(=O)C(C)(C)C)C(C)S1.